The van der Waals surface area contributed by atoms with E-state index in [4.69, 9.17) is 30.6 Å². The topological polar surface area (TPSA) is 229 Å². The molecule has 0 aliphatic rings. The fourth-order valence-electron chi connectivity index (χ4n) is 3.63. The van der Waals surface area contributed by atoms with E-state index in [1.165, 1.54) is 0 Å². The Bertz CT molecular complexity index is 1360. The first-order valence-corrected chi connectivity index (χ1v) is 11.8. The second-order valence-corrected chi connectivity index (χ2v) is 7.70. The van der Waals surface area contributed by atoms with E-state index in [1.54, 1.807) is 49.6 Å². The van der Waals surface area contributed by atoms with Gasteiger partial charge in [-0.25, -0.2) is 18.7 Å². The van der Waals surface area contributed by atoms with E-state index < -0.39 is 10.2 Å². The van der Waals surface area contributed by atoms with Gasteiger partial charge in [0.2, 0.25) is 0 Å². The average Bonchev–Trinajstić information content (AvgIpc) is 3.80. The first-order chi connectivity index (χ1) is 20.4. The van der Waals surface area contributed by atoms with Crippen molar-refractivity contribution in [1.82, 2.24) is 49.1 Å². The van der Waals surface area contributed by atoms with Crippen LogP contribution in [0.2, 0.25) is 0 Å². The molecule has 6 heterocycles. The van der Waals surface area contributed by atoms with E-state index in [2.05, 4.69) is 30.4 Å². The normalized spacial score (nSPS) is 9.50. The molecule has 18 nitrogen and oxygen atoms in total. The molecule has 6 rings (SSSR count). The van der Waals surface area contributed by atoms with Crippen LogP contribution in [0.3, 0.4) is 0 Å². The molecule has 236 valence electrons. The molecule has 0 atom stereocenters. The van der Waals surface area contributed by atoms with Gasteiger partial charge in [-0.15, -0.1) is 0 Å². The van der Waals surface area contributed by atoms with Gasteiger partial charge in [0.15, 0.2) is 12.3 Å². The maximum Gasteiger partial charge on any atom is 1.00 e. The van der Waals surface area contributed by atoms with Gasteiger partial charge in [-0.3, -0.25) is 9.97 Å². The number of nitrogens with zero attached hydrogens (tertiary/aromatic N) is 12. The second-order valence-electron chi connectivity index (χ2n) is 7.70. The fourth-order valence-corrected chi connectivity index (χ4v) is 3.63. The minimum absolute atomic E-state index is 0. The Balaban J connectivity index is 0.000000343. The van der Waals surface area contributed by atoms with Gasteiger partial charge in [-0.1, -0.05) is 0 Å². The molecule has 20 heteroatoms. The van der Waals surface area contributed by atoms with Crippen LogP contribution in [0.4, 0.5) is 0 Å². The molecule has 0 aromatic carbocycles. The Morgan fingerprint density at radius 3 is 0.886 bits per heavy atom. The van der Waals surface area contributed by atoms with Crippen molar-refractivity contribution in [3.05, 3.63) is 165 Å². The molecule has 0 saturated carbocycles. The van der Waals surface area contributed by atoms with Crippen molar-refractivity contribution < 1.29 is 54.9 Å². The van der Waals surface area contributed by atoms with Crippen LogP contribution < -0.4 is 0 Å². The molecular weight excluding hydrogens is 768 g/mol. The van der Waals surface area contributed by atoms with Crippen molar-refractivity contribution in [2.24, 2.45) is 0 Å². The summed E-state index contributed by atoms with van der Waals surface area (Å²) in [5, 5.41) is 46.6. The Morgan fingerprint density at radius 1 is 0.477 bits per heavy atom. The van der Waals surface area contributed by atoms with E-state index in [9.17, 15) is 0 Å². The molecule has 0 unspecified atom stereocenters. The Kier molecular flexibility index (Phi) is 16.9. The molecule has 0 bridgehead atoms. The third-order valence-corrected chi connectivity index (χ3v) is 5.11. The number of hydrogen-bond acceptors (Lipinski definition) is 12. The molecule has 6 aromatic rings. The molecule has 0 spiro atoms. The molecule has 44 heavy (non-hydrogen) atoms. The summed E-state index contributed by atoms with van der Waals surface area (Å²) in [6.45, 7) is 0. The van der Waals surface area contributed by atoms with Gasteiger partial charge in [-0.05, 0) is 48.5 Å². The molecule has 6 aromatic heterocycles. The smallest absolute Gasteiger partial charge is 0.356 e. The van der Waals surface area contributed by atoms with Crippen LogP contribution in [-0.2, 0) is 44.8 Å². The summed E-state index contributed by atoms with van der Waals surface area (Å²) in [4.78, 5) is 24.6. The molecular formula is C24H22Ag2N12O6. The summed E-state index contributed by atoms with van der Waals surface area (Å²) in [6.07, 6.45) is 21.7. The van der Waals surface area contributed by atoms with Gasteiger partial charge in [-0.2, -0.15) is 20.4 Å². The molecule has 0 radical (unpaired) electrons. The van der Waals surface area contributed by atoms with Gasteiger partial charge < -0.3 is 30.6 Å². The number of pyridine rings is 2. The molecule has 0 saturated heterocycles. The number of rotatable bonds is 6. The summed E-state index contributed by atoms with van der Waals surface area (Å²) in [5.74, 6) is 0. The third kappa shape index (κ3) is 12.1. The zero-order chi connectivity index (χ0) is 30.2. The molecule has 0 fully saturated rings. The van der Waals surface area contributed by atoms with Crippen LogP contribution in [0.5, 0.6) is 0 Å². The summed E-state index contributed by atoms with van der Waals surface area (Å²) in [7, 11) is 0. The van der Waals surface area contributed by atoms with Crippen LogP contribution in [0.25, 0.3) is 0 Å². The second kappa shape index (κ2) is 20.0. The van der Waals surface area contributed by atoms with Crippen molar-refractivity contribution in [2.45, 2.75) is 12.3 Å². The van der Waals surface area contributed by atoms with Crippen LogP contribution in [0.1, 0.15) is 23.5 Å². The van der Waals surface area contributed by atoms with Crippen molar-refractivity contribution >= 4 is 0 Å². The summed E-state index contributed by atoms with van der Waals surface area (Å²) in [6, 6.07) is 15.5. The number of hydrogen-bond donors (Lipinski definition) is 0. The molecule has 0 aliphatic heterocycles. The van der Waals surface area contributed by atoms with Crippen molar-refractivity contribution in [3.63, 3.8) is 0 Å². The number of aromatic nitrogens is 10. The third-order valence-electron chi connectivity index (χ3n) is 5.11. The van der Waals surface area contributed by atoms with E-state index in [1.807, 2.05) is 92.0 Å². The van der Waals surface area contributed by atoms with E-state index >= 15 is 0 Å². The summed E-state index contributed by atoms with van der Waals surface area (Å²) in [5.41, 5.74) is 2.18. The van der Waals surface area contributed by atoms with Gasteiger partial charge in [0.05, 0.1) is 10.2 Å². The maximum absolute atomic E-state index is 8.25. The van der Waals surface area contributed by atoms with Gasteiger partial charge in [0.1, 0.15) is 0 Å². The fraction of sp³-hybridized carbons (Fsp3) is 0.0833. The maximum atomic E-state index is 8.25. The van der Waals surface area contributed by atoms with Crippen LogP contribution in [0.15, 0.2) is 123 Å². The Morgan fingerprint density at radius 2 is 0.705 bits per heavy atom. The minimum Gasteiger partial charge on any atom is -0.356 e. The van der Waals surface area contributed by atoms with Gasteiger partial charge in [0.25, 0.3) is 0 Å². The summed E-state index contributed by atoms with van der Waals surface area (Å²) >= 11 is 0. The Hall–Kier alpha value is -4.98. The monoisotopic (exact) mass is 788 g/mol. The minimum atomic E-state index is -1.75. The molecule has 0 aliphatic carbocycles. The van der Waals surface area contributed by atoms with E-state index in [0.717, 1.165) is 11.1 Å². The van der Waals surface area contributed by atoms with E-state index in [0.29, 0.717) is 0 Å². The van der Waals surface area contributed by atoms with Crippen LogP contribution in [0, 0.1) is 30.6 Å². The summed E-state index contributed by atoms with van der Waals surface area (Å²) < 4.78 is 7.45. The van der Waals surface area contributed by atoms with Crippen LogP contribution in [-0.4, -0.2) is 59.3 Å². The predicted molar refractivity (Wildman–Crippen MR) is 145 cm³/mol. The van der Waals surface area contributed by atoms with Crippen molar-refractivity contribution in [1.29, 1.82) is 0 Å². The van der Waals surface area contributed by atoms with Crippen LogP contribution >= 0.6 is 0 Å². The predicted octanol–water partition coefficient (Wildman–Crippen LogP) is 2.66. The van der Waals surface area contributed by atoms with Gasteiger partial charge in [0, 0.05) is 85.5 Å². The first-order valence-electron chi connectivity index (χ1n) is 11.8. The zero-order valence-corrected chi connectivity index (χ0v) is 25.1. The van der Waals surface area contributed by atoms with Crippen molar-refractivity contribution in [2.75, 3.05) is 0 Å². The quantitative estimate of drug-likeness (QED) is 0.135. The molecule has 0 N–H and O–H groups in total. The first kappa shape index (κ1) is 37.0. The zero-order valence-electron chi connectivity index (χ0n) is 22.1. The largest absolute Gasteiger partial charge is 1.00 e. The van der Waals surface area contributed by atoms with E-state index in [-0.39, 0.29) is 57.1 Å². The average molecular weight is 790 g/mol. The SMILES string of the molecule is O=[N+]([O-])[O-].O=[N+]([O-])[O-].[Ag+].[Ag+].c1cnn(C(c2ccncc2)n2cccn2)c1.c1cnn(C(c2ccncc2)n2cccn2)c1. The van der Waals surface area contributed by atoms with Crippen molar-refractivity contribution in [3.8, 4) is 0 Å². The Labute approximate surface area is 279 Å². The van der Waals surface area contributed by atoms with Gasteiger partial charge >= 0.3 is 44.8 Å². The molecule has 0 amide bonds. The standard InChI is InChI=1S/2C12H11N5.2Ag.2NO3/c2*1-5-14-16(9-1)12(17-10-2-6-15-17)11-3-7-13-8-4-11;;;2*2-1(3)4/h2*1-10,12H;;;;/q;;2*+1;2*-1.